The van der Waals surface area contributed by atoms with Crippen LogP contribution in [0.4, 0.5) is 0 Å². The standard InChI is InChI=1S/C9H18N4O/c1-8(2)12-9(3,5-14)4-13-7-10-6-11-13/h6-8,12,14H,4-5H2,1-3H3. The molecule has 0 aliphatic heterocycles. The van der Waals surface area contributed by atoms with Gasteiger partial charge in [0.15, 0.2) is 0 Å². The van der Waals surface area contributed by atoms with Gasteiger partial charge in [0.25, 0.3) is 0 Å². The van der Waals surface area contributed by atoms with Gasteiger partial charge in [0.1, 0.15) is 12.7 Å². The average molecular weight is 198 g/mol. The SMILES string of the molecule is CC(C)NC(C)(CO)Cn1cncn1. The summed E-state index contributed by atoms with van der Waals surface area (Å²) in [6, 6.07) is 0.329. The molecule has 80 valence electrons. The van der Waals surface area contributed by atoms with Crippen molar-refractivity contribution in [1.29, 1.82) is 0 Å². The molecule has 0 saturated heterocycles. The summed E-state index contributed by atoms with van der Waals surface area (Å²) in [6.07, 6.45) is 3.14. The number of nitrogens with zero attached hydrogens (tertiary/aromatic N) is 3. The predicted octanol–water partition coefficient (Wildman–Crippen LogP) is 0.0271. The van der Waals surface area contributed by atoms with Gasteiger partial charge in [-0.1, -0.05) is 13.8 Å². The summed E-state index contributed by atoms with van der Waals surface area (Å²) in [5.74, 6) is 0. The zero-order chi connectivity index (χ0) is 10.6. The highest BCUT2D eigenvalue weighted by Crippen LogP contribution is 2.07. The molecule has 14 heavy (non-hydrogen) atoms. The molecule has 1 aromatic rings. The molecule has 0 fully saturated rings. The van der Waals surface area contributed by atoms with E-state index in [1.54, 1.807) is 11.0 Å². The van der Waals surface area contributed by atoms with E-state index in [2.05, 4.69) is 29.2 Å². The fourth-order valence-electron chi connectivity index (χ4n) is 1.51. The third-order valence-corrected chi connectivity index (χ3v) is 1.96. The molecule has 5 nitrogen and oxygen atoms in total. The molecule has 1 aromatic heterocycles. The first-order valence-corrected chi connectivity index (χ1v) is 4.77. The maximum Gasteiger partial charge on any atom is 0.137 e. The van der Waals surface area contributed by atoms with E-state index in [9.17, 15) is 5.11 Å². The maximum absolute atomic E-state index is 9.31. The van der Waals surface area contributed by atoms with Gasteiger partial charge in [-0.25, -0.2) is 4.98 Å². The number of aromatic nitrogens is 3. The summed E-state index contributed by atoms with van der Waals surface area (Å²) in [4.78, 5) is 3.86. The second-order valence-corrected chi connectivity index (χ2v) is 4.11. The van der Waals surface area contributed by atoms with E-state index < -0.39 is 0 Å². The van der Waals surface area contributed by atoms with E-state index in [1.807, 2.05) is 6.92 Å². The summed E-state index contributed by atoms with van der Waals surface area (Å²) in [5.41, 5.74) is -0.345. The summed E-state index contributed by atoms with van der Waals surface area (Å²) >= 11 is 0. The van der Waals surface area contributed by atoms with Crippen molar-refractivity contribution in [3.63, 3.8) is 0 Å². The Morgan fingerprint density at radius 2 is 2.29 bits per heavy atom. The third kappa shape index (κ3) is 3.08. The van der Waals surface area contributed by atoms with E-state index in [-0.39, 0.29) is 12.1 Å². The number of nitrogens with one attached hydrogen (secondary N) is 1. The largest absolute Gasteiger partial charge is 0.394 e. The van der Waals surface area contributed by atoms with Crippen LogP contribution in [0.3, 0.4) is 0 Å². The van der Waals surface area contributed by atoms with Crippen molar-refractivity contribution in [2.45, 2.75) is 38.9 Å². The van der Waals surface area contributed by atoms with Gasteiger partial charge in [-0.15, -0.1) is 0 Å². The molecule has 1 atom stereocenters. The van der Waals surface area contributed by atoms with Crippen molar-refractivity contribution >= 4 is 0 Å². The summed E-state index contributed by atoms with van der Waals surface area (Å²) in [7, 11) is 0. The zero-order valence-electron chi connectivity index (χ0n) is 8.94. The fourth-order valence-corrected chi connectivity index (χ4v) is 1.51. The van der Waals surface area contributed by atoms with Crippen molar-refractivity contribution in [2.75, 3.05) is 6.61 Å². The minimum atomic E-state index is -0.345. The monoisotopic (exact) mass is 198 g/mol. The lowest BCUT2D eigenvalue weighted by atomic mass is 10.0. The van der Waals surface area contributed by atoms with Crippen LogP contribution in [0.15, 0.2) is 12.7 Å². The van der Waals surface area contributed by atoms with Crippen molar-refractivity contribution in [1.82, 2.24) is 20.1 Å². The smallest absolute Gasteiger partial charge is 0.137 e. The molecule has 0 radical (unpaired) electrons. The van der Waals surface area contributed by atoms with Crippen LogP contribution < -0.4 is 5.32 Å². The molecular formula is C9H18N4O. The lowest BCUT2D eigenvalue weighted by Gasteiger charge is -2.30. The molecule has 1 rings (SSSR count). The van der Waals surface area contributed by atoms with E-state index in [0.717, 1.165) is 0 Å². The molecule has 0 bridgehead atoms. The Hall–Kier alpha value is -0.940. The van der Waals surface area contributed by atoms with Gasteiger partial charge >= 0.3 is 0 Å². The molecule has 5 heteroatoms. The van der Waals surface area contributed by atoms with Crippen molar-refractivity contribution in [2.24, 2.45) is 0 Å². The molecule has 0 saturated carbocycles. The number of hydrogen-bond acceptors (Lipinski definition) is 4. The minimum Gasteiger partial charge on any atom is -0.394 e. The lowest BCUT2D eigenvalue weighted by molar-refractivity contribution is 0.144. The number of hydrogen-bond donors (Lipinski definition) is 2. The van der Waals surface area contributed by atoms with Crippen LogP contribution in [0.5, 0.6) is 0 Å². The van der Waals surface area contributed by atoms with Gasteiger partial charge < -0.3 is 10.4 Å². The van der Waals surface area contributed by atoms with Crippen LogP contribution in [0.1, 0.15) is 20.8 Å². The number of rotatable bonds is 5. The van der Waals surface area contributed by atoms with Crippen LogP contribution in [-0.2, 0) is 6.54 Å². The first-order valence-electron chi connectivity index (χ1n) is 4.77. The first-order chi connectivity index (χ1) is 6.56. The Bertz CT molecular complexity index is 260. The molecule has 0 aromatic carbocycles. The summed E-state index contributed by atoms with van der Waals surface area (Å²) < 4.78 is 1.71. The fraction of sp³-hybridized carbons (Fsp3) is 0.778. The molecule has 2 N–H and O–H groups in total. The highest BCUT2D eigenvalue weighted by atomic mass is 16.3. The maximum atomic E-state index is 9.31. The molecule has 0 amide bonds. The Morgan fingerprint density at radius 1 is 1.57 bits per heavy atom. The van der Waals surface area contributed by atoms with Gasteiger partial charge in [-0.05, 0) is 6.92 Å². The van der Waals surface area contributed by atoms with Crippen LogP contribution in [-0.4, -0.2) is 38.1 Å². The highest BCUT2D eigenvalue weighted by Gasteiger charge is 2.24. The molecule has 1 unspecified atom stereocenters. The van der Waals surface area contributed by atoms with Crippen LogP contribution in [0, 0.1) is 0 Å². The Morgan fingerprint density at radius 3 is 2.71 bits per heavy atom. The molecule has 0 aliphatic carbocycles. The van der Waals surface area contributed by atoms with E-state index in [1.165, 1.54) is 6.33 Å². The molecular weight excluding hydrogens is 180 g/mol. The van der Waals surface area contributed by atoms with Crippen LogP contribution >= 0.6 is 0 Å². The normalized spacial score (nSPS) is 15.8. The van der Waals surface area contributed by atoms with Gasteiger partial charge in [0, 0.05) is 6.04 Å². The number of aliphatic hydroxyl groups is 1. The van der Waals surface area contributed by atoms with Crippen LogP contribution in [0.25, 0.3) is 0 Å². The van der Waals surface area contributed by atoms with Crippen molar-refractivity contribution < 1.29 is 5.11 Å². The molecule has 0 aliphatic rings. The first kappa shape index (κ1) is 11.1. The van der Waals surface area contributed by atoms with Crippen LogP contribution in [0.2, 0.25) is 0 Å². The average Bonchev–Trinajstić information content (AvgIpc) is 2.55. The summed E-state index contributed by atoms with van der Waals surface area (Å²) in [5, 5.41) is 16.6. The van der Waals surface area contributed by atoms with Gasteiger partial charge in [-0.2, -0.15) is 5.10 Å². The van der Waals surface area contributed by atoms with Gasteiger partial charge in [-0.3, -0.25) is 4.68 Å². The second kappa shape index (κ2) is 4.52. The van der Waals surface area contributed by atoms with Gasteiger partial charge in [0.05, 0.1) is 18.7 Å². The van der Waals surface area contributed by atoms with E-state index in [4.69, 9.17) is 0 Å². The Kier molecular flexibility index (Phi) is 3.60. The number of aliphatic hydroxyl groups excluding tert-OH is 1. The lowest BCUT2D eigenvalue weighted by Crippen LogP contribution is -2.52. The van der Waals surface area contributed by atoms with E-state index in [0.29, 0.717) is 12.6 Å². The van der Waals surface area contributed by atoms with Gasteiger partial charge in [0.2, 0.25) is 0 Å². The minimum absolute atomic E-state index is 0.0744. The quantitative estimate of drug-likeness (QED) is 0.700. The van der Waals surface area contributed by atoms with E-state index >= 15 is 0 Å². The van der Waals surface area contributed by atoms with Crippen molar-refractivity contribution in [3.8, 4) is 0 Å². The van der Waals surface area contributed by atoms with Crippen molar-refractivity contribution in [3.05, 3.63) is 12.7 Å². The topological polar surface area (TPSA) is 63.0 Å². The molecule has 0 spiro atoms. The summed E-state index contributed by atoms with van der Waals surface area (Å²) in [6.45, 7) is 6.76. The highest BCUT2D eigenvalue weighted by molar-refractivity contribution is 4.84. The zero-order valence-corrected chi connectivity index (χ0v) is 8.94. The third-order valence-electron chi connectivity index (χ3n) is 1.96. The Labute approximate surface area is 84.2 Å². The Balaban J connectivity index is 2.61. The molecule has 1 heterocycles. The second-order valence-electron chi connectivity index (χ2n) is 4.11. The predicted molar refractivity (Wildman–Crippen MR) is 53.8 cm³/mol.